The van der Waals surface area contributed by atoms with Crippen LogP contribution in [-0.4, -0.2) is 26.5 Å². The fourth-order valence-electron chi connectivity index (χ4n) is 3.49. The highest BCUT2D eigenvalue weighted by Crippen LogP contribution is 2.44. The molecule has 1 atom stereocenters. The summed E-state index contributed by atoms with van der Waals surface area (Å²) in [6.45, 7) is 0. The molecule has 0 saturated heterocycles. The molecule has 0 radical (unpaired) electrons. The molecule has 1 aromatic rings. The van der Waals surface area contributed by atoms with E-state index < -0.39 is 9.84 Å². The molecule has 0 aliphatic heterocycles. The Balaban J connectivity index is 2.09. The quantitative estimate of drug-likeness (QED) is 0.877. The Bertz CT molecular complexity index is 519. The monoisotopic (exact) mass is 295 g/mol. The lowest BCUT2D eigenvalue weighted by atomic mass is 9.72. The Hall–Kier alpha value is -0.870. The van der Waals surface area contributed by atoms with Crippen molar-refractivity contribution in [3.05, 3.63) is 35.9 Å². The summed E-state index contributed by atoms with van der Waals surface area (Å²) in [5.41, 5.74) is 7.86. The van der Waals surface area contributed by atoms with Crippen LogP contribution >= 0.6 is 0 Å². The van der Waals surface area contributed by atoms with E-state index >= 15 is 0 Å². The minimum atomic E-state index is -2.88. The number of hydrogen-bond acceptors (Lipinski definition) is 3. The fourth-order valence-corrected chi connectivity index (χ4v) is 4.18. The van der Waals surface area contributed by atoms with Gasteiger partial charge in [-0.15, -0.1) is 0 Å². The van der Waals surface area contributed by atoms with Gasteiger partial charge in [0.2, 0.25) is 0 Å². The third kappa shape index (κ3) is 3.61. The van der Waals surface area contributed by atoms with Crippen molar-refractivity contribution in [2.45, 2.75) is 50.0 Å². The Morgan fingerprint density at radius 2 is 1.80 bits per heavy atom. The van der Waals surface area contributed by atoms with Gasteiger partial charge in [0, 0.05) is 23.5 Å². The van der Waals surface area contributed by atoms with Gasteiger partial charge in [-0.3, -0.25) is 0 Å². The van der Waals surface area contributed by atoms with Crippen molar-refractivity contribution in [3.8, 4) is 0 Å². The normalized spacial score (nSPS) is 19.9. The average Bonchev–Trinajstić information content (AvgIpc) is 2.89. The summed E-state index contributed by atoms with van der Waals surface area (Å²) < 4.78 is 22.5. The molecule has 1 aromatic carbocycles. The van der Waals surface area contributed by atoms with E-state index in [-0.39, 0.29) is 17.2 Å². The van der Waals surface area contributed by atoms with E-state index in [0.29, 0.717) is 6.42 Å². The van der Waals surface area contributed by atoms with Crippen molar-refractivity contribution in [2.24, 2.45) is 5.73 Å². The Kier molecular flexibility index (Phi) is 4.86. The summed E-state index contributed by atoms with van der Waals surface area (Å²) in [6.07, 6.45) is 7.41. The lowest BCUT2D eigenvalue weighted by Gasteiger charge is -2.36. The zero-order chi connectivity index (χ0) is 14.6. The second-order valence-corrected chi connectivity index (χ2v) is 8.37. The van der Waals surface area contributed by atoms with E-state index in [2.05, 4.69) is 24.3 Å². The first kappa shape index (κ1) is 15.5. The number of hydrogen-bond donors (Lipinski definition) is 1. The van der Waals surface area contributed by atoms with E-state index in [1.54, 1.807) is 0 Å². The number of sulfone groups is 1. The predicted molar refractivity (Wildman–Crippen MR) is 83.5 cm³/mol. The highest BCUT2D eigenvalue weighted by molar-refractivity contribution is 7.90. The van der Waals surface area contributed by atoms with Crippen molar-refractivity contribution in [1.29, 1.82) is 0 Å². The van der Waals surface area contributed by atoms with Gasteiger partial charge < -0.3 is 5.73 Å². The standard InChI is InChI=1S/C16H25NO2S/c1-20(18,19)13-7-10-15(17)16(11-5-6-12-16)14-8-3-2-4-9-14/h2-4,8-9,15H,5-7,10-13,17H2,1H3. The molecule has 1 fully saturated rings. The zero-order valence-electron chi connectivity index (χ0n) is 12.2. The SMILES string of the molecule is CS(=O)(=O)CCCC(N)C1(c2ccccc2)CCCC1. The summed E-state index contributed by atoms with van der Waals surface area (Å²) in [7, 11) is -2.88. The minimum Gasteiger partial charge on any atom is -0.327 e. The Morgan fingerprint density at radius 1 is 1.20 bits per heavy atom. The maximum atomic E-state index is 11.2. The number of rotatable bonds is 6. The van der Waals surface area contributed by atoms with Crippen molar-refractivity contribution in [2.75, 3.05) is 12.0 Å². The van der Waals surface area contributed by atoms with Crippen LogP contribution < -0.4 is 5.73 Å². The highest BCUT2D eigenvalue weighted by Gasteiger charge is 2.40. The van der Waals surface area contributed by atoms with Crippen molar-refractivity contribution in [3.63, 3.8) is 0 Å². The largest absolute Gasteiger partial charge is 0.327 e. The first-order valence-electron chi connectivity index (χ1n) is 7.43. The van der Waals surface area contributed by atoms with Gasteiger partial charge in [-0.2, -0.15) is 0 Å². The van der Waals surface area contributed by atoms with Crippen LogP contribution in [0.4, 0.5) is 0 Å². The van der Waals surface area contributed by atoms with Gasteiger partial charge in [0.25, 0.3) is 0 Å². The fraction of sp³-hybridized carbons (Fsp3) is 0.625. The van der Waals surface area contributed by atoms with Gasteiger partial charge in [-0.25, -0.2) is 8.42 Å². The molecule has 0 amide bonds. The molecule has 0 aromatic heterocycles. The van der Waals surface area contributed by atoms with Gasteiger partial charge in [-0.1, -0.05) is 43.2 Å². The molecule has 1 aliphatic rings. The molecule has 1 saturated carbocycles. The third-order valence-electron chi connectivity index (χ3n) is 4.58. The van der Waals surface area contributed by atoms with E-state index in [1.165, 1.54) is 24.7 Å². The van der Waals surface area contributed by atoms with E-state index in [1.807, 2.05) is 6.07 Å². The van der Waals surface area contributed by atoms with Crippen LogP contribution in [0, 0.1) is 0 Å². The molecule has 0 heterocycles. The Labute approximate surface area is 122 Å². The van der Waals surface area contributed by atoms with Gasteiger partial charge >= 0.3 is 0 Å². The molecule has 0 spiro atoms. The maximum absolute atomic E-state index is 11.2. The van der Waals surface area contributed by atoms with Crippen molar-refractivity contribution in [1.82, 2.24) is 0 Å². The molecular formula is C16H25NO2S. The molecule has 2 rings (SSSR count). The zero-order valence-corrected chi connectivity index (χ0v) is 13.0. The predicted octanol–water partition coefficient (Wildman–Crippen LogP) is 2.65. The smallest absolute Gasteiger partial charge is 0.147 e. The van der Waals surface area contributed by atoms with Crippen LogP contribution in [0.25, 0.3) is 0 Å². The van der Waals surface area contributed by atoms with Crippen LogP contribution in [0.15, 0.2) is 30.3 Å². The number of benzene rings is 1. The van der Waals surface area contributed by atoms with Crippen LogP contribution in [-0.2, 0) is 15.3 Å². The molecule has 0 bridgehead atoms. The molecule has 1 aliphatic carbocycles. The number of nitrogens with two attached hydrogens (primary N) is 1. The van der Waals surface area contributed by atoms with Crippen LogP contribution in [0.1, 0.15) is 44.1 Å². The average molecular weight is 295 g/mol. The Morgan fingerprint density at radius 3 is 2.35 bits per heavy atom. The van der Waals surface area contributed by atoms with Gasteiger partial charge in [0.15, 0.2) is 0 Å². The van der Waals surface area contributed by atoms with Gasteiger partial charge in [-0.05, 0) is 31.2 Å². The van der Waals surface area contributed by atoms with Crippen LogP contribution in [0.2, 0.25) is 0 Å². The third-order valence-corrected chi connectivity index (χ3v) is 5.61. The maximum Gasteiger partial charge on any atom is 0.147 e. The summed E-state index contributed by atoms with van der Waals surface area (Å²) in [4.78, 5) is 0. The molecule has 2 N–H and O–H groups in total. The first-order valence-corrected chi connectivity index (χ1v) is 9.49. The van der Waals surface area contributed by atoms with Crippen LogP contribution in [0.3, 0.4) is 0 Å². The lowest BCUT2D eigenvalue weighted by Crippen LogP contribution is -2.43. The second kappa shape index (κ2) is 6.27. The topological polar surface area (TPSA) is 60.2 Å². The summed E-state index contributed by atoms with van der Waals surface area (Å²) in [5.74, 6) is 0.242. The molecular weight excluding hydrogens is 270 g/mol. The molecule has 20 heavy (non-hydrogen) atoms. The van der Waals surface area contributed by atoms with Crippen molar-refractivity contribution < 1.29 is 8.42 Å². The molecule has 112 valence electrons. The minimum absolute atomic E-state index is 0.0501. The summed E-state index contributed by atoms with van der Waals surface area (Å²) in [5, 5.41) is 0. The summed E-state index contributed by atoms with van der Waals surface area (Å²) >= 11 is 0. The lowest BCUT2D eigenvalue weighted by molar-refractivity contribution is 0.332. The summed E-state index contributed by atoms with van der Waals surface area (Å²) in [6, 6.07) is 10.6. The molecule has 1 unspecified atom stereocenters. The molecule has 4 heteroatoms. The first-order chi connectivity index (χ1) is 9.44. The van der Waals surface area contributed by atoms with Crippen LogP contribution in [0.5, 0.6) is 0 Å². The van der Waals surface area contributed by atoms with Gasteiger partial charge in [0.1, 0.15) is 9.84 Å². The second-order valence-electron chi connectivity index (χ2n) is 6.11. The van der Waals surface area contributed by atoms with E-state index in [9.17, 15) is 8.42 Å². The van der Waals surface area contributed by atoms with E-state index in [0.717, 1.165) is 19.3 Å². The highest BCUT2D eigenvalue weighted by atomic mass is 32.2. The van der Waals surface area contributed by atoms with E-state index in [4.69, 9.17) is 5.73 Å². The van der Waals surface area contributed by atoms with Gasteiger partial charge in [0.05, 0.1) is 0 Å². The van der Waals surface area contributed by atoms with Crippen molar-refractivity contribution >= 4 is 9.84 Å². The molecule has 3 nitrogen and oxygen atoms in total.